The van der Waals surface area contributed by atoms with Crippen molar-refractivity contribution in [3.05, 3.63) is 41.6 Å². The number of rotatable bonds is 7. The van der Waals surface area contributed by atoms with Gasteiger partial charge < -0.3 is 20.9 Å². The molecule has 0 radical (unpaired) electrons. The molecule has 2 saturated heterocycles. The van der Waals surface area contributed by atoms with Crippen molar-refractivity contribution in [1.29, 1.82) is 0 Å². The third kappa shape index (κ3) is 5.46. The standard InChI is InChI=1S/C24H31N3O4.Na.H/c1-4-27(19-7-9-30-10-8-19)22-12-18(11-21(16(22)2)24(28)29)17-5-6-23(25-13-17)31-20-14-26(3)15-20;;/h5-6,11-13,19-20H,4,7-10,14-15H2,1-3H3,(H,28,29);;/q;+1;-1. The van der Waals surface area contributed by atoms with Crippen LogP contribution in [0.3, 0.4) is 0 Å². The summed E-state index contributed by atoms with van der Waals surface area (Å²) >= 11 is 0. The maximum atomic E-state index is 12.0. The van der Waals surface area contributed by atoms with Gasteiger partial charge in [0.25, 0.3) is 0 Å². The van der Waals surface area contributed by atoms with Crippen LogP contribution in [-0.2, 0) is 4.74 Å². The first-order valence-corrected chi connectivity index (χ1v) is 11.0. The third-order valence-corrected chi connectivity index (χ3v) is 6.28. The molecule has 1 aromatic carbocycles. The monoisotopic (exact) mass is 449 g/mol. The Morgan fingerprint density at radius 2 is 2.00 bits per heavy atom. The predicted octanol–water partition coefficient (Wildman–Crippen LogP) is 0.570. The van der Waals surface area contributed by atoms with Gasteiger partial charge in [0.2, 0.25) is 5.88 Å². The number of hydrogen-bond donors (Lipinski definition) is 1. The van der Waals surface area contributed by atoms with Crippen LogP contribution in [0.5, 0.6) is 5.88 Å². The van der Waals surface area contributed by atoms with Crippen LogP contribution in [0.1, 0.15) is 37.1 Å². The van der Waals surface area contributed by atoms with Gasteiger partial charge in [-0.25, -0.2) is 9.78 Å². The summed E-state index contributed by atoms with van der Waals surface area (Å²) in [5, 5.41) is 9.85. The summed E-state index contributed by atoms with van der Waals surface area (Å²) in [6.07, 6.45) is 3.85. The summed E-state index contributed by atoms with van der Waals surface area (Å²) in [5.41, 5.74) is 3.83. The number of benzene rings is 1. The second-order valence-electron chi connectivity index (χ2n) is 8.45. The van der Waals surface area contributed by atoms with Crippen molar-refractivity contribution >= 4 is 11.7 Å². The van der Waals surface area contributed by atoms with E-state index in [0.29, 0.717) is 17.5 Å². The molecule has 4 rings (SSSR count). The van der Waals surface area contributed by atoms with Crippen molar-refractivity contribution in [3.8, 4) is 17.0 Å². The van der Waals surface area contributed by atoms with Crippen molar-refractivity contribution < 1.29 is 50.4 Å². The number of aromatic nitrogens is 1. The Bertz CT molecular complexity index is 932. The van der Waals surface area contributed by atoms with E-state index in [0.717, 1.165) is 68.1 Å². The first-order valence-electron chi connectivity index (χ1n) is 11.0. The average Bonchev–Trinajstić information content (AvgIpc) is 2.75. The van der Waals surface area contributed by atoms with E-state index in [1.807, 2.05) is 19.1 Å². The van der Waals surface area contributed by atoms with Crippen molar-refractivity contribution in [1.82, 2.24) is 9.88 Å². The van der Waals surface area contributed by atoms with Crippen LogP contribution in [0, 0.1) is 6.92 Å². The van der Waals surface area contributed by atoms with Crippen molar-refractivity contribution in [2.75, 3.05) is 44.8 Å². The average molecular weight is 450 g/mol. The van der Waals surface area contributed by atoms with E-state index < -0.39 is 5.97 Å². The fraction of sp³-hybridized carbons (Fsp3) is 0.500. The minimum Gasteiger partial charge on any atom is -1.00 e. The minimum atomic E-state index is -0.911. The number of ether oxygens (including phenoxy) is 2. The van der Waals surface area contributed by atoms with Gasteiger partial charge in [0, 0.05) is 62.4 Å². The van der Waals surface area contributed by atoms with Gasteiger partial charge in [-0.2, -0.15) is 0 Å². The number of anilines is 1. The summed E-state index contributed by atoms with van der Waals surface area (Å²) in [4.78, 5) is 21.0. The number of nitrogens with zero attached hydrogens (tertiary/aromatic N) is 3. The number of aromatic carboxylic acids is 1. The van der Waals surface area contributed by atoms with Crippen molar-refractivity contribution in [3.63, 3.8) is 0 Å². The molecule has 1 N–H and O–H groups in total. The number of carbonyl (C=O) groups is 1. The Hall–Kier alpha value is -1.64. The molecule has 0 atom stereocenters. The topological polar surface area (TPSA) is 75.1 Å². The van der Waals surface area contributed by atoms with Gasteiger partial charge in [0.05, 0.1) is 5.56 Å². The molecule has 2 fully saturated rings. The maximum absolute atomic E-state index is 12.0. The van der Waals surface area contributed by atoms with E-state index in [2.05, 4.69) is 34.8 Å². The Kier molecular flexibility index (Phi) is 8.58. The van der Waals surface area contributed by atoms with Crippen LogP contribution in [0.15, 0.2) is 30.5 Å². The largest absolute Gasteiger partial charge is 1.00 e. The molecular weight excluding hydrogens is 417 g/mol. The molecule has 3 heterocycles. The van der Waals surface area contributed by atoms with E-state index in [1.54, 1.807) is 12.3 Å². The van der Waals surface area contributed by atoms with Gasteiger partial charge in [-0.1, -0.05) is 0 Å². The zero-order valence-corrected chi connectivity index (χ0v) is 21.5. The molecule has 0 bridgehead atoms. The van der Waals surface area contributed by atoms with E-state index in [-0.39, 0.29) is 37.1 Å². The van der Waals surface area contributed by atoms with Crippen LogP contribution >= 0.6 is 0 Å². The van der Waals surface area contributed by atoms with E-state index >= 15 is 0 Å². The smallest absolute Gasteiger partial charge is 1.00 e. The summed E-state index contributed by atoms with van der Waals surface area (Å²) < 4.78 is 11.4. The first kappa shape index (κ1) is 25.0. The summed E-state index contributed by atoms with van der Waals surface area (Å²) in [5.74, 6) is -0.310. The number of carboxylic acids is 1. The zero-order chi connectivity index (χ0) is 22.0. The van der Waals surface area contributed by atoms with E-state index in [9.17, 15) is 9.90 Å². The molecule has 2 aliphatic rings. The number of likely N-dealkylation sites (tertiary alicyclic amines) is 1. The molecule has 168 valence electrons. The minimum absolute atomic E-state index is 0. The Labute approximate surface area is 213 Å². The molecule has 0 aliphatic carbocycles. The van der Waals surface area contributed by atoms with Gasteiger partial charge in [-0.3, -0.25) is 4.90 Å². The van der Waals surface area contributed by atoms with E-state index in [4.69, 9.17) is 9.47 Å². The summed E-state index contributed by atoms with van der Waals surface area (Å²) in [6.45, 7) is 8.14. The van der Waals surface area contributed by atoms with Crippen LogP contribution in [0.4, 0.5) is 5.69 Å². The number of likely N-dealkylation sites (N-methyl/N-ethyl adjacent to an activating group) is 1. The van der Waals surface area contributed by atoms with Crippen LogP contribution in [0.25, 0.3) is 11.1 Å². The fourth-order valence-electron chi connectivity index (χ4n) is 4.52. The van der Waals surface area contributed by atoms with Crippen molar-refractivity contribution in [2.24, 2.45) is 0 Å². The number of pyridine rings is 1. The molecule has 7 nitrogen and oxygen atoms in total. The van der Waals surface area contributed by atoms with Gasteiger partial charge >= 0.3 is 35.5 Å². The van der Waals surface area contributed by atoms with Gasteiger partial charge in [0.1, 0.15) is 6.10 Å². The quantitative estimate of drug-likeness (QED) is 0.620. The van der Waals surface area contributed by atoms with Crippen molar-refractivity contribution in [2.45, 2.75) is 38.8 Å². The second-order valence-corrected chi connectivity index (χ2v) is 8.45. The molecule has 2 aromatic rings. The van der Waals surface area contributed by atoms with Gasteiger partial charge in [-0.05, 0) is 63.1 Å². The Morgan fingerprint density at radius 3 is 2.56 bits per heavy atom. The summed E-state index contributed by atoms with van der Waals surface area (Å²) in [6, 6.07) is 8.01. The second kappa shape index (κ2) is 11.0. The van der Waals surface area contributed by atoms with Crippen LogP contribution in [-0.4, -0.2) is 73.0 Å². The molecule has 1 aromatic heterocycles. The molecule has 8 heteroatoms. The SMILES string of the molecule is CCN(c1cc(-c2ccc(OC3CN(C)C3)nc2)cc(C(=O)O)c1C)C1CCOCC1.[H-].[Na+]. The predicted molar refractivity (Wildman–Crippen MR) is 121 cm³/mol. The Balaban J connectivity index is 0.00000193. The molecular formula is C24H32N3NaO4. The van der Waals surface area contributed by atoms with E-state index in [1.165, 1.54) is 0 Å². The van der Waals surface area contributed by atoms with Crippen LogP contribution in [0.2, 0.25) is 0 Å². The molecule has 0 amide bonds. The first-order chi connectivity index (χ1) is 15.0. The van der Waals surface area contributed by atoms with Gasteiger partial charge in [0.15, 0.2) is 0 Å². The third-order valence-electron chi connectivity index (χ3n) is 6.28. The fourth-order valence-corrected chi connectivity index (χ4v) is 4.52. The Morgan fingerprint density at radius 1 is 1.28 bits per heavy atom. The number of hydrogen-bond acceptors (Lipinski definition) is 6. The maximum Gasteiger partial charge on any atom is 1.00 e. The van der Waals surface area contributed by atoms with Gasteiger partial charge in [-0.15, -0.1) is 0 Å². The normalized spacial score (nSPS) is 17.3. The number of carboxylic acid groups (broad SMARTS) is 1. The molecule has 0 saturated carbocycles. The molecule has 0 unspecified atom stereocenters. The molecule has 0 spiro atoms. The molecule has 32 heavy (non-hydrogen) atoms. The summed E-state index contributed by atoms with van der Waals surface area (Å²) in [7, 11) is 2.06. The van der Waals surface area contributed by atoms with Crippen LogP contribution < -0.4 is 39.2 Å². The molecule has 2 aliphatic heterocycles. The zero-order valence-electron chi connectivity index (χ0n) is 20.5.